The minimum atomic E-state index is -0.0646. The summed E-state index contributed by atoms with van der Waals surface area (Å²) in [6.45, 7) is 0.721. The summed E-state index contributed by atoms with van der Waals surface area (Å²) in [6, 6.07) is 20.1. The van der Waals surface area contributed by atoms with Crippen molar-refractivity contribution in [3.8, 4) is 11.3 Å². The SMILES string of the molecule is OCC(NCc1nc(-c2ccccc2)cs1)c1ccccc1. The second-order valence-corrected chi connectivity index (χ2v) is 5.96. The first-order chi connectivity index (χ1) is 10.9. The summed E-state index contributed by atoms with van der Waals surface area (Å²) < 4.78 is 0. The molecule has 1 aromatic heterocycles. The van der Waals surface area contributed by atoms with Gasteiger partial charge in [-0.1, -0.05) is 60.7 Å². The van der Waals surface area contributed by atoms with Crippen LogP contribution in [0, 0.1) is 0 Å². The van der Waals surface area contributed by atoms with Crippen LogP contribution in [0.25, 0.3) is 11.3 Å². The van der Waals surface area contributed by atoms with Gasteiger partial charge in [0.15, 0.2) is 0 Å². The van der Waals surface area contributed by atoms with Gasteiger partial charge >= 0.3 is 0 Å². The predicted octanol–water partition coefficient (Wildman–Crippen LogP) is 3.63. The molecule has 2 N–H and O–H groups in total. The number of aliphatic hydroxyl groups excluding tert-OH is 1. The van der Waals surface area contributed by atoms with Crippen molar-refractivity contribution in [3.05, 3.63) is 76.6 Å². The first-order valence-electron chi connectivity index (χ1n) is 7.26. The largest absolute Gasteiger partial charge is 0.394 e. The Hall–Kier alpha value is -2.01. The Kier molecular flexibility index (Phi) is 4.96. The Bertz CT molecular complexity index is 697. The van der Waals surface area contributed by atoms with Crippen LogP contribution >= 0.6 is 11.3 Å². The Labute approximate surface area is 134 Å². The lowest BCUT2D eigenvalue weighted by atomic mass is 10.1. The van der Waals surface area contributed by atoms with Crippen molar-refractivity contribution in [3.63, 3.8) is 0 Å². The molecular formula is C18H18N2OS. The van der Waals surface area contributed by atoms with Crippen LogP contribution in [0.4, 0.5) is 0 Å². The van der Waals surface area contributed by atoms with Gasteiger partial charge in [0, 0.05) is 17.5 Å². The van der Waals surface area contributed by atoms with Gasteiger partial charge in [0.25, 0.3) is 0 Å². The fourth-order valence-corrected chi connectivity index (χ4v) is 3.07. The molecule has 0 bridgehead atoms. The second-order valence-electron chi connectivity index (χ2n) is 5.02. The summed E-state index contributed by atoms with van der Waals surface area (Å²) in [5.41, 5.74) is 3.22. The Balaban J connectivity index is 1.65. The van der Waals surface area contributed by atoms with Crippen LogP contribution in [0.3, 0.4) is 0 Å². The van der Waals surface area contributed by atoms with Crippen molar-refractivity contribution in [1.82, 2.24) is 10.3 Å². The quantitative estimate of drug-likeness (QED) is 0.731. The number of rotatable bonds is 6. The van der Waals surface area contributed by atoms with Crippen molar-refractivity contribution < 1.29 is 5.11 Å². The third-order valence-electron chi connectivity index (χ3n) is 3.51. The van der Waals surface area contributed by atoms with Crippen LogP contribution in [-0.4, -0.2) is 16.7 Å². The minimum Gasteiger partial charge on any atom is -0.394 e. The summed E-state index contributed by atoms with van der Waals surface area (Å²) in [5.74, 6) is 0. The van der Waals surface area contributed by atoms with Crippen LogP contribution in [0.1, 0.15) is 16.6 Å². The molecule has 112 valence electrons. The summed E-state index contributed by atoms with van der Waals surface area (Å²) >= 11 is 1.64. The topological polar surface area (TPSA) is 45.1 Å². The van der Waals surface area contributed by atoms with E-state index < -0.39 is 0 Å². The summed E-state index contributed by atoms with van der Waals surface area (Å²) in [7, 11) is 0. The zero-order valence-electron chi connectivity index (χ0n) is 12.1. The maximum Gasteiger partial charge on any atom is 0.107 e. The highest BCUT2D eigenvalue weighted by Gasteiger charge is 2.11. The molecule has 2 aromatic carbocycles. The molecule has 3 rings (SSSR count). The van der Waals surface area contributed by atoms with E-state index in [2.05, 4.69) is 27.8 Å². The third-order valence-corrected chi connectivity index (χ3v) is 4.35. The van der Waals surface area contributed by atoms with Crippen molar-refractivity contribution in [2.75, 3.05) is 6.61 Å². The van der Waals surface area contributed by atoms with Crippen molar-refractivity contribution >= 4 is 11.3 Å². The van der Waals surface area contributed by atoms with Crippen molar-refractivity contribution in [2.24, 2.45) is 0 Å². The molecule has 0 amide bonds. The first kappa shape index (κ1) is 14.9. The molecule has 0 saturated heterocycles. The van der Waals surface area contributed by atoms with Gasteiger partial charge in [-0.05, 0) is 5.56 Å². The Morgan fingerprint density at radius 3 is 2.36 bits per heavy atom. The van der Waals surface area contributed by atoms with Crippen molar-refractivity contribution in [1.29, 1.82) is 0 Å². The fraction of sp³-hybridized carbons (Fsp3) is 0.167. The molecule has 0 spiro atoms. The highest BCUT2D eigenvalue weighted by atomic mass is 32.1. The number of thiazole rings is 1. The van der Waals surface area contributed by atoms with E-state index in [9.17, 15) is 5.11 Å². The summed E-state index contributed by atoms with van der Waals surface area (Å²) in [4.78, 5) is 4.65. The highest BCUT2D eigenvalue weighted by Crippen LogP contribution is 2.22. The van der Waals surface area contributed by atoms with Crippen LogP contribution in [0.15, 0.2) is 66.0 Å². The monoisotopic (exact) mass is 310 g/mol. The van der Waals surface area contributed by atoms with E-state index in [4.69, 9.17) is 0 Å². The average Bonchev–Trinajstić information content (AvgIpc) is 3.06. The molecular weight excluding hydrogens is 292 g/mol. The molecule has 0 radical (unpaired) electrons. The lowest BCUT2D eigenvalue weighted by Gasteiger charge is -2.15. The van der Waals surface area contributed by atoms with Crippen LogP contribution in [0.5, 0.6) is 0 Å². The highest BCUT2D eigenvalue weighted by molar-refractivity contribution is 7.09. The molecule has 1 atom stereocenters. The molecule has 0 saturated carbocycles. The van der Waals surface area contributed by atoms with Crippen molar-refractivity contribution in [2.45, 2.75) is 12.6 Å². The predicted molar refractivity (Wildman–Crippen MR) is 90.7 cm³/mol. The van der Waals surface area contributed by atoms with E-state index in [1.807, 2.05) is 48.5 Å². The number of hydrogen-bond donors (Lipinski definition) is 2. The van der Waals surface area contributed by atoms with E-state index in [0.29, 0.717) is 6.54 Å². The fourth-order valence-electron chi connectivity index (χ4n) is 2.32. The molecule has 3 aromatic rings. The summed E-state index contributed by atoms with van der Waals surface area (Å²) in [5, 5.41) is 16.0. The number of nitrogens with zero attached hydrogens (tertiary/aromatic N) is 1. The number of benzene rings is 2. The number of nitrogens with one attached hydrogen (secondary N) is 1. The van der Waals surface area contributed by atoms with E-state index in [0.717, 1.165) is 21.8 Å². The van der Waals surface area contributed by atoms with Gasteiger partial charge in [0.2, 0.25) is 0 Å². The molecule has 0 aliphatic carbocycles. The van der Waals surface area contributed by atoms with Gasteiger partial charge in [-0.2, -0.15) is 0 Å². The molecule has 0 aliphatic heterocycles. The zero-order valence-corrected chi connectivity index (χ0v) is 13.0. The molecule has 22 heavy (non-hydrogen) atoms. The van der Waals surface area contributed by atoms with Gasteiger partial charge in [0.05, 0.1) is 18.3 Å². The maximum absolute atomic E-state index is 9.56. The van der Waals surface area contributed by atoms with Gasteiger partial charge in [-0.15, -0.1) is 11.3 Å². The van der Waals surface area contributed by atoms with E-state index >= 15 is 0 Å². The average molecular weight is 310 g/mol. The summed E-state index contributed by atoms with van der Waals surface area (Å²) in [6.07, 6.45) is 0. The third kappa shape index (κ3) is 3.60. The molecule has 0 fully saturated rings. The van der Waals surface area contributed by atoms with Crippen LogP contribution < -0.4 is 5.32 Å². The smallest absolute Gasteiger partial charge is 0.107 e. The van der Waals surface area contributed by atoms with Crippen LogP contribution in [0.2, 0.25) is 0 Å². The van der Waals surface area contributed by atoms with E-state index in [1.54, 1.807) is 11.3 Å². The number of aromatic nitrogens is 1. The van der Waals surface area contributed by atoms with Gasteiger partial charge in [-0.25, -0.2) is 4.98 Å². The molecule has 1 unspecified atom stereocenters. The number of aliphatic hydroxyl groups is 1. The lowest BCUT2D eigenvalue weighted by Crippen LogP contribution is -2.23. The van der Waals surface area contributed by atoms with Gasteiger partial charge in [0.1, 0.15) is 5.01 Å². The normalized spacial score (nSPS) is 12.2. The molecule has 1 heterocycles. The first-order valence-corrected chi connectivity index (χ1v) is 8.14. The van der Waals surface area contributed by atoms with Crippen LogP contribution in [-0.2, 0) is 6.54 Å². The molecule has 0 aliphatic rings. The Morgan fingerprint density at radius 2 is 1.68 bits per heavy atom. The lowest BCUT2D eigenvalue weighted by molar-refractivity contribution is 0.243. The molecule has 3 nitrogen and oxygen atoms in total. The van der Waals surface area contributed by atoms with Gasteiger partial charge in [-0.3, -0.25) is 0 Å². The van der Waals surface area contributed by atoms with E-state index in [1.165, 1.54) is 0 Å². The number of hydrogen-bond acceptors (Lipinski definition) is 4. The minimum absolute atomic E-state index is 0.0646. The van der Waals surface area contributed by atoms with Gasteiger partial charge < -0.3 is 10.4 Å². The zero-order chi connectivity index (χ0) is 15.2. The van der Waals surface area contributed by atoms with E-state index in [-0.39, 0.29) is 12.6 Å². The second kappa shape index (κ2) is 7.31. The maximum atomic E-state index is 9.56. The molecule has 4 heteroatoms. The standard InChI is InChI=1S/C18H18N2OS/c21-12-16(14-7-3-1-4-8-14)19-11-18-20-17(13-22-18)15-9-5-2-6-10-15/h1-10,13,16,19,21H,11-12H2. The Morgan fingerprint density at radius 1 is 1.00 bits per heavy atom.